The van der Waals surface area contributed by atoms with Gasteiger partial charge >= 0.3 is 0 Å². The summed E-state index contributed by atoms with van der Waals surface area (Å²) in [6.45, 7) is 0. The summed E-state index contributed by atoms with van der Waals surface area (Å²) in [5.41, 5.74) is 2.82. The average Bonchev–Trinajstić information content (AvgIpc) is 2.24. The average molecular weight is 292 g/mol. The zero-order valence-corrected chi connectivity index (χ0v) is 9.78. The van der Waals surface area contributed by atoms with Crippen LogP contribution >= 0.6 is 22.6 Å². The van der Waals surface area contributed by atoms with Gasteiger partial charge in [-0.1, -0.05) is 36.4 Å². The molecule has 0 radical (unpaired) electrons. The standard InChI is InChI=1S/C13H9I/c14-12-8-7-10-4-1-3-9-5-2-6-11(12)13(9)10/h1-2,4-8H,3H2. The van der Waals surface area contributed by atoms with E-state index in [0.29, 0.717) is 0 Å². The zero-order valence-electron chi connectivity index (χ0n) is 7.63. The lowest BCUT2D eigenvalue weighted by atomic mass is 9.93. The van der Waals surface area contributed by atoms with Crippen LogP contribution in [0, 0.1) is 3.57 Å². The Kier molecular flexibility index (Phi) is 1.87. The number of rotatable bonds is 0. The Morgan fingerprint density at radius 1 is 1.07 bits per heavy atom. The maximum atomic E-state index is 2.41. The summed E-state index contributed by atoms with van der Waals surface area (Å²) in [4.78, 5) is 0. The molecule has 1 aliphatic carbocycles. The summed E-state index contributed by atoms with van der Waals surface area (Å²) in [6, 6.07) is 11.0. The van der Waals surface area contributed by atoms with Crippen LogP contribution in [0.4, 0.5) is 0 Å². The second-order valence-corrected chi connectivity index (χ2v) is 4.74. The fraction of sp³-hybridized carbons (Fsp3) is 0.0769. The van der Waals surface area contributed by atoms with Gasteiger partial charge in [0.05, 0.1) is 0 Å². The molecule has 3 rings (SSSR count). The molecule has 1 aliphatic rings. The molecule has 0 saturated carbocycles. The first-order valence-electron chi connectivity index (χ1n) is 4.73. The van der Waals surface area contributed by atoms with Crippen LogP contribution in [0.1, 0.15) is 11.1 Å². The van der Waals surface area contributed by atoms with Crippen molar-refractivity contribution in [3.63, 3.8) is 0 Å². The molecule has 0 atom stereocenters. The second kappa shape index (κ2) is 3.09. The minimum atomic E-state index is 1.07. The Balaban J connectivity index is 2.56. The van der Waals surface area contributed by atoms with Crippen molar-refractivity contribution in [2.24, 2.45) is 0 Å². The molecule has 0 saturated heterocycles. The van der Waals surface area contributed by atoms with E-state index in [2.05, 4.69) is 65.1 Å². The van der Waals surface area contributed by atoms with Gasteiger partial charge in [0.2, 0.25) is 0 Å². The van der Waals surface area contributed by atoms with Crippen molar-refractivity contribution in [1.29, 1.82) is 0 Å². The Hall–Kier alpha value is -0.830. The molecule has 0 fully saturated rings. The van der Waals surface area contributed by atoms with Crippen LogP contribution in [0.15, 0.2) is 36.4 Å². The Bertz CT molecular complexity index is 538. The summed E-state index contributed by atoms with van der Waals surface area (Å²) in [7, 11) is 0. The van der Waals surface area contributed by atoms with E-state index < -0.39 is 0 Å². The fourth-order valence-electron chi connectivity index (χ4n) is 2.10. The van der Waals surface area contributed by atoms with Gasteiger partial charge in [0, 0.05) is 3.57 Å². The number of halogens is 1. The normalized spacial score (nSPS) is 13.5. The van der Waals surface area contributed by atoms with Crippen LogP contribution in [0.5, 0.6) is 0 Å². The molecule has 0 nitrogen and oxygen atoms in total. The van der Waals surface area contributed by atoms with Gasteiger partial charge in [0.1, 0.15) is 0 Å². The van der Waals surface area contributed by atoms with Crippen molar-refractivity contribution in [3.8, 4) is 0 Å². The molecule has 0 bridgehead atoms. The van der Waals surface area contributed by atoms with Crippen molar-refractivity contribution in [2.45, 2.75) is 6.42 Å². The lowest BCUT2D eigenvalue weighted by molar-refractivity contribution is 1.29. The van der Waals surface area contributed by atoms with Gasteiger partial charge in [-0.15, -0.1) is 0 Å². The largest absolute Gasteiger partial charge is 0.0795 e. The molecular formula is C13H9I. The molecule has 0 aliphatic heterocycles. The first kappa shape index (κ1) is 8.48. The monoisotopic (exact) mass is 292 g/mol. The molecule has 0 heterocycles. The highest BCUT2D eigenvalue weighted by Crippen LogP contribution is 2.31. The van der Waals surface area contributed by atoms with Crippen molar-refractivity contribution in [3.05, 3.63) is 51.1 Å². The fourth-order valence-corrected chi connectivity index (χ4v) is 2.73. The lowest BCUT2D eigenvalue weighted by Crippen LogP contribution is -1.93. The van der Waals surface area contributed by atoms with E-state index in [9.17, 15) is 0 Å². The smallest absolute Gasteiger partial charge is 0.0209 e. The van der Waals surface area contributed by atoms with Gasteiger partial charge in [0.15, 0.2) is 0 Å². The van der Waals surface area contributed by atoms with E-state index in [1.807, 2.05) is 0 Å². The van der Waals surface area contributed by atoms with Gasteiger partial charge in [-0.3, -0.25) is 0 Å². The molecule has 0 amide bonds. The quantitative estimate of drug-likeness (QED) is 0.643. The topological polar surface area (TPSA) is 0 Å². The highest BCUT2D eigenvalue weighted by molar-refractivity contribution is 14.1. The van der Waals surface area contributed by atoms with E-state index >= 15 is 0 Å². The SMILES string of the molecule is Ic1ccc2c3c(cccc13)CC=C2. The third-order valence-corrected chi connectivity index (χ3v) is 3.68. The summed E-state index contributed by atoms with van der Waals surface area (Å²) in [5.74, 6) is 0. The van der Waals surface area contributed by atoms with Crippen molar-refractivity contribution < 1.29 is 0 Å². The minimum Gasteiger partial charge on any atom is -0.0795 e. The predicted molar refractivity (Wildman–Crippen MR) is 69.4 cm³/mol. The highest BCUT2D eigenvalue weighted by Gasteiger charge is 2.09. The zero-order chi connectivity index (χ0) is 9.54. The summed E-state index contributed by atoms with van der Waals surface area (Å²) < 4.78 is 1.35. The Morgan fingerprint density at radius 3 is 2.93 bits per heavy atom. The Labute approximate surface area is 96.8 Å². The number of benzene rings is 2. The Morgan fingerprint density at radius 2 is 2.00 bits per heavy atom. The number of hydrogen-bond donors (Lipinski definition) is 0. The highest BCUT2D eigenvalue weighted by atomic mass is 127. The molecule has 0 spiro atoms. The third kappa shape index (κ3) is 1.12. The number of allylic oxidation sites excluding steroid dienone is 1. The predicted octanol–water partition coefficient (Wildman–Crippen LogP) is 4.01. The van der Waals surface area contributed by atoms with Crippen LogP contribution in [-0.2, 0) is 6.42 Å². The third-order valence-electron chi connectivity index (χ3n) is 2.74. The van der Waals surface area contributed by atoms with Gasteiger partial charge < -0.3 is 0 Å². The van der Waals surface area contributed by atoms with Gasteiger partial charge in [0.25, 0.3) is 0 Å². The van der Waals surface area contributed by atoms with E-state index in [4.69, 9.17) is 0 Å². The van der Waals surface area contributed by atoms with Gasteiger partial charge in [-0.2, -0.15) is 0 Å². The van der Waals surface area contributed by atoms with Crippen LogP contribution in [0.2, 0.25) is 0 Å². The van der Waals surface area contributed by atoms with E-state index in [1.165, 1.54) is 25.5 Å². The molecule has 0 unspecified atom stereocenters. The van der Waals surface area contributed by atoms with E-state index in [-0.39, 0.29) is 0 Å². The molecule has 68 valence electrons. The molecule has 14 heavy (non-hydrogen) atoms. The maximum absolute atomic E-state index is 2.41. The van der Waals surface area contributed by atoms with Gasteiger partial charge in [-0.05, 0) is 57.0 Å². The molecule has 2 aromatic rings. The van der Waals surface area contributed by atoms with Crippen molar-refractivity contribution in [2.75, 3.05) is 0 Å². The molecule has 0 aromatic heterocycles. The summed E-state index contributed by atoms with van der Waals surface area (Å²) in [6.07, 6.45) is 5.54. The summed E-state index contributed by atoms with van der Waals surface area (Å²) in [5, 5.41) is 2.84. The van der Waals surface area contributed by atoms with Gasteiger partial charge in [-0.25, -0.2) is 0 Å². The van der Waals surface area contributed by atoms with E-state index in [1.54, 1.807) is 0 Å². The van der Waals surface area contributed by atoms with Crippen molar-refractivity contribution >= 4 is 39.4 Å². The molecule has 1 heteroatoms. The van der Waals surface area contributed by atoms with Crippen LogP contribution in [0.3, 0.4) is 0 Å². The second-order valence-electron chi connectivity index (χ2n) is 3.58. The first-order valence-corrected chi connectivity index (χ1v) is 5.81. The van der Waals surface area contributed by atoms with Crippen LogP contribution in [0.25, 0.3) is 16.8 Å². The lowest BCUT2D eigenvalue weighted by Gasteiger charge is -2.13. The van der Waals surface area contributed by atoms with Crippen LogP contribution in [-0.4, -0.2) is 0 Å². The first-order chi connectivity index (χ1) is 6.86. The number of hydrogen-bond acceptors (Lipinski definition) is 0. The van der Waals surface area contributed by atoms with Crippen LogP contribution < -0.4 is 0 Å². The van der Waals surface area contributed by atoms with Crippen molar-refractivity contribution in [1.82, 2.24) is 0 Å². The van der Waals surface area contributed by atoms with E-state index in [0.717, 1.165) is 6.42 Å². The summed E-state index contributed by atoms with van der Waals surface area (Å²) >= 11 is 2.41. The minimum absolute atomic E-state index is 1.07. The molecule has 2 aromatic carbocycles. The molecule has 0 N–H and O–H groups in total. The maximum Gasteiger partial charge on any atom is 0.0209 e. The molecular weight excluding hydrogens is 283 g/mol.